The summed E-state index contributed by atoms with van der Waals surface area (Å²) in [5.41, 5.74) is 2.17. The SMILES string of the molecule is Cn1nnnc1C(C=C[C@@H](O)CC(=O)O)=C(c1ccc(F)cc1)c1ccc(F)cc1. The van der Waals surface area contributed by atoms with E-state index in [0.29, 0.717) is 28.1 Å². The Balaban J connectivity index is 2.26. The smallest absolute Gasteiger partial charge is 0.306 e. The second-order valence-electron chi connectivity index (χ2n) is 6.45. The summed E-state index contributed by atoms with van der Waals surface area (Å²) < 4.78 is 28.4. The van der Waals surface area contributed by atoms with Crippen molar-refractivity contribution in [1.82, 2.24) is 20.2 Å². The molecule has 0 aliphatic rings. The number of aromatic nitrogens is 4. The van der Waals surface area contributed by atoms with Crippen molar-refractivity contribution in [3.05, 3.63) is 89.3 Å². The van der Waals surface area contributed by atoms with Gasteiger partial charge in [0.15, 0.2) is 5.82 Å². The maximum Gasteiger partial charge on any atom is 0.306 e. The monoisotopic (exact) mass is 412 g/mol. The molecule has 0 bridgehead atoms. The molecule has 3 rings (SSSR count). The Morgan fingerprint density at radius 3 is 2.03 bits per heavy atom. The number of aliphatic hydroxyl groups excluding tert-OH is 1. The Morgan fingerprint density at radius 2 is 1.60 bits per heavy atom. The summed E-state index contributed by atoms with van der Waals surface area (Å²) >= 11 is 0. The van der Waals surface area contributed by atoms with Gasteiger partial charge in [0.2, 0.25) is 0 Å². The van der Waals surface area contributed by atoms with Crippen LogP contribution in [0.15, 0.2) is 60.7 Å². The standard InChI is InChI=1S/C21H18F2N4O3/c1-27-21(24-25-26-27)18(11-10-17(28)12-19(29)30)20(13-2-6-15(22)7-3-13)14-4-8-16(23)9-5-14/h2-11,17,28H,12H2,1H3,(H,29,30)/t17-/m1/s1. The van der Waals surface area contributed by atoms with Crippen molar-refractivity contribution in [1.29, 1.82) is 0 Å². The van der Waals surface area contributed by atoms with Gasteiger partial charge in [-0.25, -0.2) is 13.5 Å². The third-order valence-electron chi connectivity index (χ3n) is 4.26. The molecular formula is C21H18F2N4O3. The maximum atomic E-state index is 13.5. The molecule has 2 N–H and O–H groups in total. The summed E-state index contributed by atoms with van der Waals surface area (Å²) in [6.45, 7) is 0. The minimum absolute atomic E-state index is 0.317. The molecule has 30 heavy (non-hydrogen) atoms. The van der Waals surface area contributed by atoms with E-state index in [-0.39, 0.29) is 0 Å². The van der Waals surface area contributed by atoms with E-state index in [2.05, 4.69) is 15.5 Å². The lowest BCUT2D eigenvalue weighted by atomic mass is 9.92. The number of hydrogen-bond donors (Lipinski definition) is 2. The first kappa shape index (κ1) is 21.0. The van der Waals surface area contributed by atoms with Gasteiger partial charge in [-0.2, -0.15) is 0 Å². The molecule has 1 atom stereocenters. The molecule has 7 nitrogen and oxygen atoms in total. The van der Waals surface area contributed by atoms with E-state index in [9.17, 15) is 18.7 Å². The van der Waals surface area contributed by atoms with Crippen molar-refractivity contribution in [2.24, 2.45) is 7.05 Å². The lowest BCUT2D eigenvalue weighted by Crippen LogP contribution is -2.10. The van der Waals surface area contributed by atoms with Crippen LogP contribution >= 0.6 is 0 Å². The van der Waals surface area contributed by atoms with Crippen LogP contribution < -0.4 is 0 Å². The summed E-state index contributed by atoms with van der Waals surface area (Å²) in [6, 6.07) is 11.4. The van der Waals surface area contributed by atoms with Crippen molar-refractivity contribution in [3.8, 4) is 0 Å². The molecule has 1 aromatic heterocycles. The average molecular weight is 412 g/mol. The lowest BCUT2D eigenvalue weighted by molar-refractivity contribution is -0.138. The molecule has 0 saturated heterocycles. The minimum atomic E-state index is -1.25. The molecular weight excluding hydrogens is 394 g/mol. The van der Waals surface area contributed by atoms with E-state index in [4.69, 9.17) is 5.11 Å². The topological polar surface area (TPSA) is 101 Å². The van der Waals surface area contributed by atoms with Crippen LogP contribution in [0.4, 0.5) is 8.78 Å². The molecule has 9 heteroatoms. The van der Waals surface area contributed by atoms with Gasteiger partial charge in [-0.05, 0) is 51.4 Å². The first-order chi connectivity index (χ1) is 14.3. The Morgan fingerprint density at radius 1 is 1.07 bits per heavy atom. The average Bonchev–Trinajstić information content (AvgIpc) is 3.12. The fourth-order valence-corrected chi connectivity index (χ4v) is 2.89. The summed E-state index contributed by atoms with van der Waals surface area (Å²) in [5, 5.41) is 30.3. The number of allylic oxidation sites excluding steroid dienone is 2. The lowest BCUT2D eigenvalue weighted by Gasteiger charge is -2.14. The number of aliphatic carboxylic acids is 1. The third kappa shape index (κ3) is 5.00. The number of nitrogens with zero attached hydrogens (tertiary/aromatic N) is 4. The van der Waals surface area contributed by atoms with Gasteiger partial charge in [0.25, 0.3) is 0 Å². The molecule has 0 unspecified atom stereocenters. The molecule has 3 aromatic rings. The van der Waals surface area contributed by atoms with E-state index in [1.807, 2.05) is 0 Å². The number of rotatable bonds is 7. The van der Waals surface area contributed by atoms with Gasteiger partial charge < -0.3 is 10.2 Å². The molecule has 154 valence electrons. The van der Waals surface area contributed by atoms with Gasteiger partial charge in [-0.15, -0.1) is 5.10 Å². The van der Waals surface area contributed by atoms with Crippen molar-refractivity contribution < 1.29 is 23.8 Å². The van der Waals surface area contributed by atoms with Crippen LogP contribution in [-0.4, -0.2) is 42.5 Å². The number of hydrogen-bond acceptors (Lipinski definition) is 5. The molecule has 0 aliphatic heterocycles. The number of carboxylic acids is 1. The molecule has 2 aromatic carbocycles. The highest BCUT2D eigenvalue weighted by Gasteiger charge is 2.18. The van der Waals surface area contributed by atoms with Crippen LogP contribution in [0.5, 0.6) is 0 Å². The van der Waals surface area contributed by atoms with E-state index in [1.165, 1.54) is 41.1 Å². The summed E-state index contributed by atoms with van der Waals surface area (Å²) in [7, 11) is 1.61. The number of aliphatic hydroxyl groups is 1. The second-order valence-corrected chi connectivity index (χ2v) is 6.45. The fraction of sp³-hybridized carbons (Fsp3) is 0.143. The summed E-state index contributed by atoms with van der Waals surface area (Å²) in [4.78, 5) is 10.9. The molecule has 0 aliphatic carbocycles. The van der Waals surface area contributed by atoms with Gasteiger partial charge in [-0.1, -0.05) is 36.4 Å². The van der Waals surface area contributed by atoms with Crippen molar-refractivity contribution in [2.45, 2.75) is 12.5 Å². The quantitative estimate of drug-likeness (QED) is 0.579. The third-order valence-corrected chi connectivity index (χ3v) is 4.26. The molecule has 0 fully saturated rings. The van der Waals surface area contributed by atoms with E-state index in [1.54, 1.807) is 31.3 Å². The Hall–Kier alpha value is -3.72. The van der Waals surface area contributed by atoms with Gasteiger partial charge in [0, 0.05) is 12.6 Å². The number of benzene rings is 2. The van der Waals surface area contributed by atoms with Gasteiger partial charge in [0.1, 0.15) is 11.6 Å². The van der Waals surface area contributed by atoms with Gasteiger partial charge in [0.05, 0.1) is 12.5 Å². The van der Waals surface area contributed by atoms with Crippen LogP contribution in [0, 0.1) is 11.6 Å². The highest BCUT2D eigenvalue weighted by Crippen LogP contribution is 2.32. The Bertz CT molecular complexity index is 1040. The van der Waals surface area contributed by atoms with Crippen LogP contribution in [0.3, 0.4) is 0 Å². The highest BCUT2D eigenvalue weighted by atomic mass is 19.1. The zero-order chi connectivity index (χ0) is 21.7. The summed E-state index contributed by atoms with van der Waals surface area (Å²) in [6.07, 6.45) is 1.08. The van der Waals surface area contributed by atoms with Crippen molar-refractivity contribution >= 4 is 17.1 Å². The van der Waals surface area contributed by atoms with E-state index in [0.717, 1.165) is 0 Å². The van der Waals surface area contributed by atoms with Crippen LogP contribution in [0.2, 0.25) is 0 Å². The first-order valence-corrected chi connectivity index (χ1v) is 8.92. The van der Waals surface area contributed by atoms with Gasteiger partial charge >= 0.3 is 5.97 Å². The summed E-state index contributed by atoms with van der Waals surface area (Å²) in [5.74, 6) is -1.69. The second kappa shape index (κ2) is 9.19. The predicted molar refractivity (Wildman–Crippen MR) is 105 cm³/mol. The number of tetrazole rings is 1. The molecule has 0 saturated carbocycles. The highest BCUT2D eigenvalue weighted by molar-refractivity contribution is 6.00. The normalized spacial score (nSPS) is 12.1. The number of carbonyl (C=O) groups is 1. The zero-order valence-corrected chi connectivity index (χ0v) is 15.9. The molecule has 1 heterocycles. The number of aryl methyl sites for hydroxylation is 1. The van der Waals surface area contributed by atoms with Crippen molar-refractivity contribution in [3.63, 3.8) is 0 Å². The minimum Gasteiger partial charge on any atom is -0.481 e. The van der Waals surface area contributed by atoms with Crippen LogP contribution in [0.1, 0.15) is 23.4 Å². The predicted octanol–water partition coefficient (Wildman–Crippen LogP) is 2.84. The fourth-order valence-electron chi connectivity index (χ4n) is 2.89. The van der Waals surface area contributed by atoms with E-state index >= 15 is 0 Å². The first-order valence-electron chi connectivity index (χ1n) is 8.92. The number of carboxylic acid groups (broad SMARTS) is 1. The molecule has 0 radical (unpaired) electrons. The van der Waals surface area contributed by atoms with Crippen molar-refractivity contribution in [2.75, 3.05) is 0 Å². The Labute approximate surface area is 170 Å². The van der Waals surface area contributed by atoms with Crippen LogP contribution in [-0.2, 0) is 11.8 Å². The molecule has 0 spiro atoms. The van der Waals surface area contributed by atoms with Crippen LogP contribution in [0.25, 0.3) is 11.1 Å². The maximum absolute atomic E-state index is 13.5. The van der Waals surface area contributed by atoms with E-state index < -0.39 is 30.1 Å². The number of halogens is 2. The Kier molecular flexibility index (Phi) is 6.43. The van der Waals surface area contributed by atoms with Gasteiger partial charge in [-0.3, -0.25) is 4.79 Å². The molecule has 0 amide bonds. The largest absolute Gasteiger partial charge is 0.481 e. The zero-order valence-electron chi connectivity index (χ0n) is 15.9.